The number of rotatable bonds is 11. The topological polar surface area (TPSA) is 89.0 Å². The number of hydrogen-bond donors (Lipinski definition) is 2. The van der Waals surface area contributed by atoms with Gasteiger partial charge in [-0.3, -0.25) is 9.59 Å². The summed E-state index contributed by atoms with van der Waals surface area (Å²) in [5.41, 5.74) is 4.24. The third kappa shape index (κ3) is 8.34. The Morgan fingerprint density at radius 3 is 2.53 bits per heavy atom. The van der Waals surface area contributed by atoms with E-state index in [9.17, 15) is 9.59 Å². The lowest BCUT2D eigenvalue weighted by Crippen LogP contribution is -2.47. The molecule has 0 unspecified atom stereocenters. The zero-order chi connectivity index (χ0) is 23.5. The van der Waals surface area contributed by atoms with Crippen molar-refractivity contribution in [1.82, 2.24) is 10.7 Å². The van der Waals surface area contributed by atoms with Crippen LogP contribution in [0.25, 0.3) is 0 Å². The molecule has 0 radical (unpaired) electrons. The Morgan fingerprint density at radius 1 is 1.12 bits per heavy atom. The Kier molecular flexibility index (Phi) is 10.2. The van der Waals surface area contributed by atoms with Gasteiger partial charge in [-0.2, -0.15) is 5.10 Å². The Hall–Kier alpha value is -2.87. The average Bonchev–Trinajstić information content (AvgIpc) is 2.74. The third-order valence-electron chi connectivity index (χ3n) is 4.46. The molecule has 2 aromatic carbocycles. The summed E-state index contributed by atoms with van der Waals surface area (Å²) < 4.78 is 11.9. The molecule has 32 heavy (non-hydrogen) atoms. The quantitative estimate of drug-likeness (QED) is 0.355. The van der Waals surface area contributed by atoms with E-state index < -0.39 is 6.04 Å². The van der Waals surface area contributed by atoms with Crippen molar-refractivity contribution in [2.45, 2.75) is 40.2 Å². The lowest BCUT2D eigenvalue weighted by molar-refractivity contribution is -0.130. The number of aryl methyl sites for hydroxylation is 1. The summed E-state index contributed by atoms with van der Waals surface area (Å²) in [6.07, 6.45) is 2.01. The fourth-order valence-electron chi connectivity index (χ4n) is 2.92. The molecule has 0 aromatic heterocycles. The van der Waals surface area contributed by atoms with Crippen molar-refractivity contribution in [3.8, 4) is 11.5 Å². The number of carbonyl (C=O) groups is 2. The van der Waals surface area contributed by atoms with Crippen LogP contribution in [0.2, 0.25) is 0 Å². The third-order valence-corrected chi connectivity index (χ3v) is 5.08. The number of nitrogens with zero attached hydrogens (tertiary/aromatic N) is 1. The number of ether oxygens (including phenoxy) is 2. The molecule has 0 heterocycles. The highest BCUT2D eigenvalue weighted by molar-refractivity contribution is 9.10. The highest BCUT2D eigenvalue weighted by atomic mass is 79.9. The number of hydrogen-bond acceptors (Lipinski definition) is 5. The maximum Gasteiger partial charge on any atom is 0.262 e. The van der Waals surface area contributed by atoms with Crippen LogP contribution < -0.4 is 20.2 Å². The minimum absolute atomic E-state index is 0.170. The van der Waals surface area contributed by atoms with Gasteiger partial charge in [-0.25, -0.2) is 5.43 Å². The van der Waals surface area contributed by atoms with Crippen LogP contribution in [0.1, 0.15) is 38.3 Å². The predicted molar refractivity (Wildman–Crippen MR) is 129 cm³/mol. The van der Waals surface area contributed by atoms with Gasteiger partial charge in [0.1, 0.15) is 17.5 Å². The number of halogens is 1. The van der Waals surface area contributed by atoms with Gasteiger partial charge in [0.25, 0.3) is 11.8 Å². The van der Waals surface area contributed by atoms with Crippen LogP contribution in [-0.2, 0) is 9.59 Å². The first kappa shape index (κ1) is 25.4. The van der Waals surface area contributed by atoms with Crippen molar-refractivity contribution in [3.63, 3.8) is 0 Å². The summed E-state index contributed by atoms with van der Waals surface area (Å²) >= 11 is 3.45. The van der Waals surface area contributed by atoms with Crippen molar-refractivity contribution in [1.29, 1.82) is 0 Å². The van der Waals surface area contributed by atoms with Crippen LogP contribution in [0.4, 0.5) is 0 Å². The normalized spacial score (nSPS) is 11.9. The number of carbonyl (C=O) groups excluding carboxylic acids is 2. The molecule has 2 aromatic rings. The van der Waals surface area contributed by atoms with E-state index in [1.54, 1.807) is 6.07 Å². The van der Waals surface area contributed by atoms with Crippen LogP contribution >= 0.6 is 15.9 Å². The van der Waals surface area contributed by atoms with E-state index in [1.165, 1.54) is 6.21 Å². The molecule has 0 saturated heterocycles. The monoisotopic (exact) mass is 503 g/mol. The summed E-state index contributed by atoms with van der Waals surface area (Å²) in [5.74, 6) is 0.826. The Labute approximate surface area is 197 Å². The van der Waals surface area contributed by atoms with Gasteiger partial charge in [0.05, 0.1) is 17.3 Å². The first-order valence-corrected chi connectivity index (χ1v) is 11.3. The van der Waals surface area contributed by atoms with E-state index in [-0.39, 0.29) is 24.3 Å². The first-order valence-electron chi connectivity index (χ1n) is 10.5. The molecule has 2 rings (SSSR count). The van der Waals surface area contributed by atoms with E-state index in [0.29, 0.717) is 18.8 Å². The second-order valence-electron chi connectivity index (χ2n) is 7.66. The van der Waals surface area contributed by atoms with Gasteiger partial charge in [-0.15, -0.1) is 0 Å². The Balaban J connectivity index is 1.93. The van der Waals surface area contributed by atoms with Crippen LogP contribution in [0.15, 0.2) is 52.0 Å². The standard InChI is InChI=1S/C24H30BrN3O4/c1-5-31-22-11-10-18(13-19(22)25)14-26-28-24(30)20(12-16(2)3)27-23(29)15-32-21-9-7-6-8-17(21)4/h6-11,13-14,16,20H,5,12,15H2,1-4H3,(H,27,29)(H,28,30)/b26-14-/t20-/m0/s1. The maximum absolute atomic E-state index is 12.6. The zero-order valence-corrected chi connectivity index (χ0v) is 20.4. The molecule has 0 aliphatic heterocycles. The van der Waals surface area contributed by atoms with E-state index >= 15 is 0 Å². The number of nitrogens with one attached hydrogen (secondary N) is 2. The molecule has 7 nitrogen and oxygen atoms in total. The molecule has 2 amide bonds. The van der Waals surface area contributed by atoms with Gasteiger partial charge in [0, 0.05) is 0 Å². The average molecular weight is 504 g/mol. The molecule has 0 bridgehead atoms. The SMILES string of the molecule is CCOc1ccc(/C=N\NC(=O)[C@H](CC(C)C)NC(=O)COc2ccccc2C)cc1Br. The van der Waals surface area contributed by atoms with Crippen molar-refractivity contribution in [2.24, 2.45) is 11.0 Å². The van der Waals surface area contributed by atoms with Crippen molar-refractivity contribution in [2.75, 3.05) is 13.2 Å². The lowest BCUT2D eigenvalue weighted by Gasteiger charge is -2.19. The Bertz CT molecular complexity index is 947. The van der Waals surface area contributed by atoms with Crippen molar-refractivity contribution >= 4 is 34.0 Å². The molecule has 172 valence electrons. The highest BCUT2D eigenvalue weighted by Gasteiger charge is 2.22. The highest BCUT2D eigenvalue weighted by Crippen LogP contribution is 2.25. The van der Waals surface area contributed by atoms with Crippen molar-refractivity contribution < 1.29 is 19.1 Å². The minimum Gasteiger partial charge on any atom is -0.493 e. The molecule has 0 aliphatic rings. The minimum atomic E-state index is -0.716. The number of amides is 2. The summed E-state index contributed by atoms with van der Waals surface area (Å²) in [6.45, 7) is 8.19. The molecule has 2 N–H and O–H groups in total. The molecule has 0 spiro atoms. The predicted octanol–water partition coefficient (Wildman–Crippen LogP) is 4.22. The number of para-hydroxylation sites is 1. The van der Waals surface area contributed by atoms with Crippen molar-refractivity contribution in [3.05, 3.63) is 58.1 Å². The second kappa shape index (κ2) is 12.9. The molecule has 1 atom stereocenters. The van der Waals surface area contributed by atoms with Crippen LogP contribution in [0.3, 0.4) is 0 Å². The lowest BCUT2D eigenvalue weighted by atomic mass is 10.0. The van der Waals surface area contributed by atoms with Gasteiger partial charge in [-0.1, -0.05) is 32.0 Å². The smallest absolute Gasteiger partial charge is 0.262 e. The largest absolute Gasteiger partial charge is 0.493 e. The summed E-state index contributed by atoms with van der Waals surface area (Å²) in [6, 6.07) is 12.2. The zero-order valence-electron chi connectivity index (χ0n) is 18.9. The van der Waals surface area contributed by atoms with E-state index in [4.69, 9.17) is 9.47 Å². The molecule has 0 aliphatic carbocycles. The molecule has 8 heteroatoms. The summed E-state index contributed by atoms with van der Waals surface area (Å²) in [4.78, 5) is 25.0. The van der Waals surface area contributed by atoms with Crippen LogP contribution in [0, 0.1) is 12.8 Å². The van der Waals surface area contributed by atoms with Crippen LogP contribution in [0.5, 0.6) is 11.5 Å². The fourth-order valence-corrected chi connectivity index (χ4v) is 3.43. The van der Waals surface area contributed by atoms with E-state index in [2.05, 4.69) is 31.8 Å². The molecule has 0 saturated carbocycles. The molecular weight excluding hydrogens is 474 g/mol. The van der Waals surface area contributed by atoms with Crippen LogP contribution in [-0.4, -0.2) is 37.3 Å². The van der Waals surface area contributed by atoms with Gasteiger partial charge >= 0.3 is 0 Å². The summed E-state index contributed by atoms with van der Waals surface area (Å²) in [5, 5.41) is 6.77. The molecule has 0 fully saturated rings. The number of hydrazone groups is 1. The Morgan fingerprint density at radius 2 is 1.88 bits per heavy atom. The van der Waals surface area contributed by atoms with Gasteiger partial charge < -0.3 is 14.8 Å². The van der Waals surface area contributed by atoms with E-state index in [1.807, 2.05) is 64.1 Å². The summed E-state index contributed by atoms with van der Waals surface area (Å²) in [7, 11) is 0. The fraction of sp³-hybridized carbons (Fsp3) is 0.375. The van der Waals surface area contributed by atoms with Gasteiger partial charge in [0.2, 0.25) is 0 Å². The van der Waals surface area contributed by atoms with E-state index in [0.717, 1.165) is 21.3 Å². The number of benzene rings is 2. The van der Waals surface area contributed by atoms with Gasteiger partial charge in [-0.05, 0) is 77.5 Å². The van der Waals surface area contributed by atoms with Gasteiger partial charge in [0.15, 0.2) is 6.61 Å². The second-order valence-corrected chi connectivity index (χ2v) is 8.52. The first-order chi connectivity index (χ1) is 15.3. The maximum atomic E-state index is 12.6. The molecular formula is C24H30BrN3O4.